The predicted molar refractivity (Wildman–Crippen MR) is 57.2 cm³/mol. The molecular weight excluding hydrogens is 208 g/mol. The van der Waals surface area contributed by atoms with Crippen LogP contribution in [-0.2, 0) is 4.74 Å². The van der Waals surface area contributed by atoms with Gasteiger partial charge in [-0.1, -0.05) is 5.16 Å². The zero-order valence-electron chi connectivity index (χ0n) is 9.40. The Bertz CT molecular complexity index is 545. The molecule has 0 atom stereocenters. The first-order valence-corrected chi connectivity index (χ1v) is 5.04. The first kappa shape index (κ1) is 10.6. The number of rotatable bonds is 2. The second-order valence-corrected chi connectivity index (χ2v) is 3.51. The van der Waals surface area contributed by atoms with Gasteiger partial charge in [-0.2, -0.15) is 0 Å². The summed E-state index contributed by atoms with van der Waals surface area (Å²) in [5, 5.41) is 3.70. The maximum absolute atomic E-state index is 11.6. The monoisotopic (exact) mass is 220 g/mol. The fourth-order valence-corrected chi connectivity index (χ4v) is 1.57. The predicted octanol–water partition coefficient (Wildman–Crippen LogP) is 2.02. The van der Waals surface area contributed by atoms with Crippen molar-refractivity contribution in [2.45, 2.75) is 20.8 Å². The molecule has 2 aromatic rings. The number of carbonyl (C=O) groups is 1. The summed E-state index contributed by atoms with van der Waals surface area (Å²) in [4.78, 5) is 15.8. The summed E-state index contributed by atoms with van der Waals surface area (Å²) in [5.74, 6) is -0.501. The SMILES string of the molecule is CCOC(=O)c1noc2c(C)cc(C)nc12. The van der Waals surface area contributed by atoms with Gasteiger partial charge in [0.2, 0.25) is 5.69 Å². The standard InChI is InChI=1S/C11H12N2O3/c1-4-15-11(14)9-8-10(16-13-9)6(2)5-7(3)12-8/h5H,4H2,1-3H3. The fourth-order valence-electron chi connectivity index (χ4n) is 1.57. The lowest BCUT2D eigenvalue weighted by atomic mass is 10.2. The van der Waals surface area contributed by atoms with E-state index in [2.05, 4.69) is 10.1 Å². The summed E-state index contributed by atoms with van der Waals surface area (Å²) < 4.78 is 9.96. The number of ether oxygens (including phenoxy) is 1. The minimum Gasteiger partial charge on any atom is -0.461 e. The molecule has 0 radical (unpaired) electrons. The Morgan fingerprint density at radius 2 is 2.25 bits per heavy atom. The van der Waals surface area contributed by atoms with Crippen LogP contribution in [0, 0.1) is 13.8 Å². The highest BCUT2D eigenvalue weighted by atomic mass is 16.5. The summed E-state index contributed by atoms with van der Waals surface area (Å²) in [6, 6.07) is 1.88. The number of pyridine rings is 1. The van der Waals surface area contributed by atoms with Gasteiger partial charge in [0.1, 0.15) is 5.52 Å². The van der Waals surface area contributed by atoms with Gasteiger partial charge in [-0.15, -0.1) is 0 Å². The molecule has 0 saturated carbocycles. The molecule has 0 fully saturated rings. The molecule has 5 nitrogen and oxygen atoms in total. The zero-order valence-corrected chi connectivity index (χ0v) is 9.40. The minimum absolute atomic E-state index is 0.142. The topological polar surface area (TPSA) is 65.2 Å². The second kappa shape index (κ2) is 3.92. The van der Waals surface area contributed by atoms with Gasteiger partial charge in [0.25, 0.3) is 0 Å². The number of fused-ring (bicyclic) bond motifs is 1. The van der Waals surface area contributed by atoms with E-state index in [9.17, 15) is 4.79 Å². The fraction of sp³-hybridized carbons (Fsp3) is 0.364. The molecule has 16 heavy (non-hydrogen) atoms. The average molecular weight is 220 g/mol. The molecule has 84 valence electrons. The molecule has 0 unspecified atom stereocenters. The second-order valence-electron chi connectivity index (χ2n) is 3.51. The van der Waals surface area contributed by atoms with Crippen LogP contribution < -0.4 is 0 Å². The van der Waals surface area contributed by atoms with E-state index in [1.165, 1.54) is 0 Å². The molecule has 5 heteroatoms. The summed E-state index contributed by atoms with van der Waals surface area (Å²) in [6.45, 7) is 5.79. The van der Waals surface area contributed by atoms with Crippen LogP contribution in [0.25, 0.3) is 11.1 Å². The van der Waals surface area contributed by atoms with E-state index in [0.717, 1.165) is 11.3 Å². The minimum atomic E-state index is -0.501. The van der Waals surface area contributed by atoms with E-state index in [0.29, 0.717) is 17.7 Å². The summed E-state index contributed by atoms with van der Waals surface area (Å²) in [5.41, 5.74) is 2.87. The van der Waals surface area contributed by atoms with Crippen LogP contribution >= 0.6 is 0 Å². The van der Waals surface area contributed by atoms with Crippen LogP contribution in [0.4, 0.5) is 0 Å². The molecular formula is C11H12N2O3. The van der Waals surface area contributed by atoms with Gasteiger partial charge in [-0.25, -0.2) is 9.78 Å². The molecule has 0 aliphatic carbocycles. The molecule has 0 aliphatic heterocycles. The Balaban J connectivity index is 2.60. The highest BCUT2D eigenvalue weighted by Gasteiger charge is 2.19. The third-order valence-corrected chi connectivity index (χ3v) is 2.21. The molecule has 0 bridgehead atoms. The number of hydrogen-bond acceptors (Lipinski definition) is 5. The Morgan fingerprint density at radius 3 is 2.94 bits per heavy atom. The lowest BCUT2D eigenvalue weighted by Gasteiger charge is -1.98. The quantitative estimate of drug-likeness (QED) is 0.724. The highest BCUT2D eigenvalue weighted by molar-refractivity contribution is 5.99. The first-order valence-electron chi connectivity index (χ1n) is 5.04. The van der Waals surface area contributed by atoms with Crippen LogP contribution in [0.1, 0.15) is 28.7 Å². The number of carbonyl (C=O) groups excluding carboxylic acids is 1. The van der Waals surface area contributed by atoms with Crippen LogP contribution in [0.2, 0.25) is 0 Å². The van der Waals surface area contributed by atoms with Gasteiger partial charge in [-0.3, -0.25) is 0 Å². The van der Waals surface area contributed by atoms with E-state index >= 15 is 0 Å². The van der Waals surface area contributed by atoms with Crippen molar-refractivity contribution in [1.29, 1.82) is 0 Å². The van der Waals surface area contributed by atoms with Crippen LogP contribution in [0.5, 0.6) is 0 Å². The van der Waals surface area contributed by atoms with Crippen molar-refractivity contribution in [2.75, 3.05) is 6.61 Å². The number of nitrogens with zero attached hydrogens (tertiary/aromatic N) is 2. The lowest BCUT2D eigenvalue weighted by molar-refractivity contribution is 0.0516. The third kappa shape index (κ3) is 1.64. The smallest absolute Gasteiger partial charge is 0.362 e. The van der Waals surface area contributed by atoms with Crippen molar-refractivity contribution in [3.63, 3.8) is 0 Å². The first-order chi connectivity index (χ1) is 7.63. The number of hydrogen-bond donors (Lipinski definition) is 0. The molecule has 0 aromatic carbocycles. The van der Waals surface area contributed by atoms with Gasteiger partial charge in [-0.05, 0) is 32.4 Å². The molecule has 0 spiro atoms. The van der Waals surface area contributed by atoms with E-state index in [-0.39, 0.29) is 5.69 Å². The summed E-state index contributed by atoms with van der Waals surface area (Å²) in [7, 11) is 0. The third-order valence-electron chi connectivity index (χ3n) is 2.21. The molecule has 2 aromatic heterocycles. The van der Waals surface area contributed by atoms with E-state index in [1.54, 1.807) is 6.92 Å². The van der Waals surface area contributed by atoms with Gasteiger partial charge >= 0.3 is 5.97 Å². The Hall–Kier alpha value is -1.91. The van der Waals surface area contributed by atoms with Gasteiger partial charge < -0.3 is 9.26 Å². The molecule has 2 rings (SSSR count). The highest BCUT2D eigenvalue weighted by Crippen LogP contribution is 2.21. The maximum Gasteiger partial charge on any atom is 0.362 e. The molecule has 0 aliphatic rings. The van der Waals surface area contributed by atoms with Crippen molar-refractivity contribution in [3.05, 3.63) is 23.0 Å². The number of aromatic nitrogens is 2. The van der Waals surface area contributed by atoms with E-state index in [1.807, 2.05) is 19.9 Å². The molecule has 0 amide bonds. The van der Waals surface area contributed by atoms with Gasteiger partial charge in [0, 0.05) is 5.69 Å². The average Bonchev–Trinajstić information content (AvgIpc) is 2.61. The number of aryl methyl sites for hydroxylation is 2. The summed E-state index contributed by atoms with van der Waals surface area (Å²) in [6.07, 6.45) is 0. The van der Waals surface area contributed by atoms with Crippen molar-refractivity contribution < 1.29 is 14.1 Å². The van der Waals surface area contributed by atoms with Crippen LogP contribution in [0.15, 0.2) is 10.6 Å². The van der Waals surface area contributed by atoms with Crippen LogP contribution in [-0.4, -0.2) is 22.7 Å². The molecule has 0 N–H and O–H groups in total. The Kier molecular flexibility index (Phi) is 2.60. The van der Waals surface area contributed by atoms with Gasteiger partial charge in [0.05, 0.1) is 6.61 Å². The van der Waals surface area contributed by atoms with E-state index in [4.69, 9.17) is 9.26 Å². The van der Waals surface area contributed by atoms with Gasteiger partial charge in [0.15, 0.2) is 5.58 Å². The van der Waals surface area contributed by atoms with Crippen molar-refractivity contribution >= 4 is 17.1 Å². The van der Waals surface area contributed by atoms with Crippen molar-refractivity contribution in [1.82, 2.24) is 10.1 Å². The zero-order chi connectivity index (χ0) is 11.7. The number of esters is 1. The maximum atomic E-state index is 11.6. The largest absolute Gasteiger partial charge is 0.461 e. The Morgan fingerprint density at radius 1 is 1.50 bits per heavy atom. The van der Waals surface area contributed by atoms with Crippen molar-refractivity contribution in [3.8, 4) is 0 Å². The summed E-state index contributed by atoms with van der Waals surface area (Å²) >= 11 is 0. The van der Waals surface area contributed by atoms with Crippen molar-refractivity contribution in [2.24, 2.45) is 0 Å². The van der Waals surface area contributed by atoms with Crippen LogP contribution in [0.3, 0.4) is 0 Å². The molecule has 0 saturated heterocycles. The molecule has 2 heterocycles. The van der Waals surface area contributed by atoms with E-state index < -0.39 is 5.97 Å². The normalized spacial score (nSPS) is 10.7. The lowest BCUT2D eigenvalue weighted by Crippen LogP contribution is -2.06. The Labute approximate surface area is 92.4 Å².